The standard InChI is InChI=1S/C12H25NO/c1-3-7-11(14)12(2,13)10-8-5-4-6-9-10/h10-11,14H,3-9,13H2,1-2H3. The Labute approximate surface area is 87.9 Å². The molecule has 0 radical (unpaired) electrons. The lowest BCUT2D eigenvalue weighted by Crippen LogP contribution is -2.54. The molecule has 0 amide bonds. The number of nitrogens with two attached hydrogens (primary N) is 1. The first-order chi connectivity index (χ1) is 6.59. The quantitative estimate of drug-likeness (QED) is 0.730. The Morgan fingerprint density at radius 1 is 1.36 bits per heavy atom. The van der Waals surface area contributed by atoms with Gasteiger partial charge in [0.2, 0.25) is 0 Å². The maximum Gasteiger partial charge on any atom is 0.0719 e. The van der Waals surface area contributed by atoms with E-state index in [4.69, 9.17) is 5.73 Å². The zero-order chi connectivity index (χ0) is 10.6. The molecule has 0 aromatic rings. The van der Waals surface area contributed by atoms with Gasteiger partial charge in [0, 0.05) is 5.54 Å². The molecule has 2 unspecified atom stereocenters. The molecular formula is C12H25NO. The Bertz CT molecular complexity index is 162. The minimum atomic E-state index is -0.365. The topological polar surface area (TPSA) is 46.2 Å². The first-order valence-electron chi connectivity index (χ1n) is 6.06. The molecule has 0 spiro atoms. The van der Waals surface area contributed by atoms with Crippen LogP contribution in [0.25, 0.3) is 0 Å². The Morgan fingerprint density at radius 2 is 1.93 bits per heavy atom. The molecule has 0 heterocycles. The number of aliphatic hydroxyl groups is 1. The molecule has 1 saturated carbocycles. The molecule has 1 aliphatic carbocycles. The zero-order valence-corrected chi connectivity index (χ0v) is 9.63. The Kier molecular flexibility index (Phi) is 4.39. The van der Waals surface area contributed by atoms with Crippen LogP contribution in [-0.2, 0) is 0 Å². The zero-order valence-electron chi connectivity index (χ0n) is 9.63. The summed E-state index contributed by atoms with van der Waals surface area (Å²) in [5.41, 5.74) is 5.91. The molecule has 84 valence electrons. The molecule has 2 heteroatoms. The van der Waals surface area contributed by atoms with E-state index in [1.165, 1.54) is 32.1 Å². The molecule has 0 aromatic carbocycles. The number of hydrogen-bond donors (Lipinski definition) is 2. The SMILES string of the molecule is CCCC(O)C(C)(N)C1CCCCC1. The van der Waals surface area contributed by atoms with Crippen LogP contribution in [0, 0.1) is 5.92 Å². The molecule has 0 aliphatic heterocycles. The summed E-state index contributed by atoms with van der Waals surface area (Å²) >= 11 is 0. The van der Waals surface area contributed by atoms with Crippen molar-refractivity contribution in [3.05, 3.63) is 0 Å². The van der Waals surface area contributed by atoms with E-state index in [9.17, 15) is 5.11 Å². The van der Waals surface area contributed by atoms with Crippen LogP contribution in [-0.4, -0.2) is 16.7 Å². The van der Waals surface area contributed by atoms with Crippen LogP contribution < -0.4 is 5.73 Å². The predicted molar refractivity (Wildman–Crippen MR) is 60.1 cm³/mol. The van der Waals surface area contributed by atoms with Crippen molar-refractivity contribution in [2.24, 2.45) is 11.7 Å². The molecular weight excluding hydrogens is 174 g/mol. The Hall–Kier alpha value is -0.0800. The number of hydrogen-bond acceptors (Lipinski definition) is 2. The normalized spacial score (nSPS) is 25.7. The molecule has 2 nitrogen and oxygen atoms in total. The van der Waals surface area contributed by atoms with E-state index in [1.807, 2.05) is 6.92 Å². The van der Waals surface area contributed by atoms with Crippen LogP contribution in [0.4, 0.5) is 0 Å². The highest BCUT2D eigenvalue weighted by Crippen LogP contribution is 2.34. The summed E-state index contributed by atoms with van der Waals surface area (Å²) in [7, 11) is 0. The molecule has 0 saturated heterocycles. The fraction of sp³-hybridized carbons (Fsp3) is 1.00. The van der Waals surface area contributed by atoms with Crippen molar-refractivity contribution in [3.63, 3.8) is 0 Å². The van der Waals surface area contributed by atoms with E-state index in [0.717, 1.165) is 12.8 Å². The van der Waals surface area contributed by atoms with Crippen LogP contribution in [0.5, 0.6) is 0 Å². The van der Waals surface area contributed by atoms with Gasteiger partial charge in [-0.2, -0.15) is 0 Å². The number of rotatable bonds is 4. The lowest BCUT2D eigenvalue weighted by atomic mass is 9.72. The van der Waals surface area contributed by atoms with Crippen molar-refractivity contribution in [2.75, 3.05) is 0 Å². The third kappa shape index (κ3) is 2.71. The van der Waals surface area contributed by atoms with Gasteiger partial charge in [0.15, 0.2) is 0 Å². The minimum Gasteiger partial charge on any atom is -0.391 e. The van der Waals surface area contributed by atoms with E-state index in [1.54, 1.807) is 0 Å². The van der Waals surface area contributed by atoms with Gasteiger partial charge in [0.25, 0.3) is 0 Å². The van der Waals surface area contributed by atoms with E-state index in [0.29, 0.717) is 5.92 Å². The summed E-state index contributed by atoms with van der Waals surface area (Å²) in [6, 6.07) is 0. The lowest BCUT2D eigenvalue weighted by Gasteiger charge is -2.40. The first-order valence-corrected chi connectivity index (χ1v) is 6.06. The van der Waals surface area contributed by atoms with E-state index >= 15 is 0 Å². The summed E-state index contributed by atoms with van der Waals surface area (Å²) in [6.07, 6.45) is 7.85. The molecule has 1 fully saturated rings. The van der Waals surface area contributed by atoms with Crippen LogP contribution in [0.1, 0.15) is 58.8 Å². The van der Waals surface area contributed by atoms with Crippen molar-refractivity contribution in [3.8, 4) is 0 Å². The Morgan fingerprint density at radius 3 is 2.43 bits per heavy atom. The highest BCUT2D eigenvalue weighted by Gasteiger charge is 2.36. The number of aliphatic hydroxyl groups excluding tert-OH is 1. The summed E-state index contributed by atoms with van der Waals surface area (Å²) in [4.78, 5) is 0. The van der Waals surface area contributed by atoms with Crippen molar-refractivity contribution >= 4 is 0 Å². The predicted octanol–water partition coefficient (Wildman–Crippen LogP) is 2.45. The maximum absolute atomic E-state index is 10.0. The van der Waals surface area contributed by atoms with Crippen LogP contribution in [0.3, 0.4) is 0 Å². The van der Waals surface area contributed by atoms with Gasteiger partial charge in [-0.15, -0.1) is 0 Å². The van der Waals surface area contributed by atoms with Crippen molar-refractivity contribution in [2.45, 2.75) is 70.4 Å². The molecule has 1 aliphatic rings. The van der Waals surface area contributed by atoms with E-state index in [-0.39, 0.29) is 11.6 Å². The summed E-state index contributed by atoms with van der Waals surface area (Å²) in [5.74, 6) is 0.526. The maximum atomic E-state index is 10.0. The summed E-state index contributed by atoms with van der Waals surface area (Å²) in [6.45, 7) is 4.13. The second-order valence-corrected chi connectivity index (χ2v) is 5.01. The average molecular weight is 199 g/mol. The van der Waals surface area contributed by atoms with Gasteiger partial charge >= 0.3 is 0 Å². The fourth-order valence-corrected chi connectivity index (χ4v) is 2.58. The smallest absolute Gasteiger partial charge is 0.0719 e. The minimum absolute atomic E-state index is 0.324. The van der Waals surface area contributed by atoms with Gasteiger partial charge in [-0.3, -0.25) is 0 Å². The molecule has 0 bridgehead atoms. The second-order valence-electron chi connectivity index (χ2n) is 5.01. The third-order valence-corrected chi connectivity index (χ3v) is 3.76. The van der Waals surface area contributed by atoms with Gasteiger partial charge in [0.05, 0.1) is 6.10 Å². The largest absolute Gasteiger partial charge is 0.391 e. The molecule has 0 aromatic heterocycles. The molecule has 3 N–H and O–H groups in total. The van der Waals surface area contributed by atoms with E-state index in [2.05, 4.69) is 6.92 Å². The summed E-state index contributed by atoms with van der Waals surface area (Å²) < 4.78 is 0. The van der Waals surface area contributed by atoms with Crippen LogP contribution in [0.15, 0.2) is 0 Å². The highest BCUT2D eigenvalue weighted by atomic mass is 16.3. The monoisotopic (exact) mass is 199 g/mol. The van der Waals surface area contributed by atoms with Gasteiger partial charge in [0.1, 0.15) is 0 Å². The highest BCUT2D eigenvalue weighted by molar-refractivity contribution is 4.94. The molecule has 1 rings (SSSR count). The van der Waals surface area contributed by atoms with Crippen molar-refractivity contribution in [1.29, 1.82) is 0 Å². The molecule has 2 atom stereocenters. The fourth-order valence-electron chi connectivity index (χ4n) is 2.58. The van der Waals surface area contributed by atoms with Gasteiger partial charge < -0.3 is 10.8 Å². The van der Waals surface area contributed by atoms with Crippen LogP contribution >= 0.6 is 0 Å². The van der Waals surface area contributed by atoms with Gasteiger partial charge in [-0.1, -0.05) is 32.6 Å². The van der Waals surface area contributed by atoms with Crippen LogP contribution in [0.2, 0.25) is 0 Å². The van der Waals surface area contributed by atoms with Crippen molar-refractivity contribution < 1.29 is 5.11 Å². The first kappa shape index (κ1) is 12.0. The Balaban J connectivity index is 2.52. The second kappa shape index (κ2) is 5.13. The third-order valence-electron chi connectivity index (χ3n) is 3.76. The average Bonchev–Trinajstić information content (AvgIpc) is 2.19. The van der Waals surface area contributed by atoms with Gasteiger partial charge in [-0.05, 0) is 32.1 Å². The van der Waals surface area contributed by atoms with E-state index < -0.39 is 0 Å². The summed E-state index contributed by atoms with van der Waals surface area (Å²) in [5, 5.41) is 10.0. The van der Waals surface area contributed by atoms with Crippen molar-refractivity contribution in [1.82, 2.24) is 0 Å². The van der Waals surface area contributed by atoms with Gasteiger partial charge in [-0.25, -0.2) is 0 Å². The molecule has 14 heavy (non-hydrogen) atoms. The lowest BCUT2D eigenvalue weighted by molar-refractivity contribution is 0.0369.